The number of nitrogens with zero attached hydrogens (tertiary/aromatic N) is 3. The Kier molecular flexibility index (Phi) is 3.53. The molecule has 2 aromatic rings. The normalized spacial score (nSPS) is 27.9. The zero-order valence-electron chi connectivity index (χ0n) is 12.8. The van der Waals surface area contributed by atoms with Crippen LogP contribution in [0.2, 0.25) is 0 Å². The van der Waals surface area contributed by atoms with Crippen molar-refractivity contribution in [3.8, 4) is 0 Å². The monoisotopic (exact) mass is 315 g/mol. The molecule has 1 amide bonds. The molecule has 1 aliphatic heterocycles. The molecule has 3 unspecified atom stereocenters. The van der Waals surface area contributed by atoms with Crippen LogP contribution >= 0.6 is 11.3 Å². The number of carbonyl (C=O) groups is 1. The first kappa shape index (κ1) is 14.0. The summed E-state index contributed by atoms with van der Waals surface area (Å²) in [5.74, 6) is 1.06. The largest absolute Gasteiger partial charge is 0.340 e. The molecule has 2 aromatic heterocycles. The number of thiophene rings is 1. The van der Waals surface area contributed by atoms with Gasteiger partial charge in [0.05, 0.1) is 12.4 Å². The van der Waals surface area contributed by atoms with Gasteiger partial charge in [0.2, 0.25) is 5.91 Å². The number of rotatable bonds is 3. The molecule has 1 saturated carbocycles. The molecule has 3 atom stereocenters. The lowest BCUT2D eigenvalue weighted by Gasteiger charge is -2.33. The number of hydrogen-bond donors (Lipinski definition) is 0. The van der Waals surface area contributed by atoms with Crippen molar-refractivity contribution in [1.82, 2.24) is 14.5 Å². The van der Waals surface area contributed by atoms with Crippen molar-refractivity contribution in [2.24, 2.45) is 5.92 Å². The summed E-state index contributed by atoms with van der Waals surface area (Å²) in [5, 5.41) is 0. The lowest BCUT2D eigenvalue weighted by Crippen LogP contribution is -2.41. The fourth-order valence-corrected chi connectivity index (χ4v) is 4.61. The van der Waals surface area contributed by atoms with Crippen molar-refractivity contribution >= 4 is 17.2 Å². The maximum atomic E-state index is 12.8. The molecule has 4 nitrogen and oxygen atoms in total. The summed E-state index contributed by atoms with van der Waals surface area (Å²) in [4.78, 5) is 21.7. The van der Waals surface area contributed by atoms with Crippen LogP contribution in [0.3, 0.4) is 0 Å². The maximum absolute atomic E-state index is 12.8. The number of likely N-dealkylation sites (tertiary alicyclic amines) is 1. The van der Waals surface area contributed by atoms with Gasteiger partial charge in [-0.2, -0.15) is 0 Å². The molecular weight excluding hydrogens is 294 g/mol. The Morgan fingerprint density at radius 2 is 2.32 bits per heavy atom. The maximum Gasteiger partial charge on any atom is 0.226 e. The van der Waals surface area contributed by atoms with Gasteiger partial charge in [-0.05, 0) is 38.3 Å². The zero-order chi connectivity index (χ0) is 15.1. The molecule has 0 aromatic carbocycles. The Labute approximate surface area is 134 Å². The van der Waals surface area contributed by atoms with E-state index < -0.39 is 0 Å². The van der Waals surface area contributed by atoms with E-state index in [0.29, 0.717) is 17.9 Å². The molecule has 1 saturated heterocycles. The van der Waals surface area contributed by atoms with Crippen LogP contribution in [0.1, 0.15) is 41.0 Å². The summed E-state index contributed by atoms with van der Waals surface area (Å²) in [6, 6.07) is 4.75. The summed E-state index contributed by atoms with van der Waals surface area (Å²) < 4.78 is 2.15. The molecule has 0 bridgehead atoms. The number of piperidine rings is 1. The predicted molar refractivity (Wildman–Crippen MR) is 87.0 cm³/mol. The number of amides is 1. The Hall–Kier alpha value is -1.62. The highest BCUT2D eigenvalue weighted by Gasteiger charge is 2.47. The topological polar surface area (TPSA) is 38.1 Å². The second kappa shape index (κ2) is 5.54. The van der Waals surface area contributed by atoms with Crippen molar-refractivity contribution in [2.75, 3.05) is 13.1 Å². The van der Waals surface area contributed by atoms with Crippen molar-refractivity contribution in [1.29, 1.82) is 0 Å². The predicted octanol–water partition coefficient (Wildman–Crippen LogP) is 3.22. The first-order valence-corrected chi connectivity index (χ1v) is 8.86. The highest BCUT2D eigenvalue weighted by atomic mass is 32.1. The van der Waals surface area contributed by atoms with Crippen LogP contribution in [0.15, 0.2) is 30.9 Å². The van der Waals surface area contributed by atoms with Gasteiger partial charge in [-0.1, -0.05) is 0 Å². The van der Waals surface area contributed by atoms with E-state index in [2.05, 4.69) is 33.5 Å². The number of carbonyl (C=O) groups excluding carboxylic acids is 1. The molecule has 1 aliphatic carbocycles. The van der Waals surface area contributed by atoms with Gasteiger partial charge < -0.3 is 9.47 Å². The van der Waals surface area contributed by atoms with Gasteiger partial charge >= 0.3 is 0 Å². The first-order chi connectivity index (χ1) is 10.7. The number of imidazole rings is 1. The summed E-state index contributed by atoms with van der Waals surface area (Å²) in [6.45, 7) is 3.88. The number of hydrogen-bond acceptors (Lipinski definition) is 3. The van der Waals surface area contributed by atoms with Gasteiger partial charge in [0.15, 0.2) is 0 Å². The summed E-state index contributed by atoms with van der Waals surface area (Å²) >= 11 is 1.84. The molecule has 0 spiro atoms. The average Bonchev–Trinajstić information content (AvgIpc) is 2.95. The Bertz CT molecular complexity index is 663. The van der Waals surface area contributed by atoms with Gasteiger partial charge in [0, 0.05) is 47.1 Å². The first-order valence-electron chi connectivity index (χ1n) is 8.05. The van der Waals surface area contributed by atoms with E-state index in [4.69, 9.17) is 0 Å². The summed E-state index contributed by atoms with van der Waals surface area (Å²) in [7, 11) is 0. The molecule has 2 aliphatic rings. The second-order valence-corrected chi connectivity index (χ2v) is 7.81. The van der Waals surface area contributed by atoms with Gasteiger partial charge in [-0.25, -0.2) is 4.98 Å². The Morgan fingerprint density at radius 1 is 1.41 bits per heavy atom. The quantitative estimate of drug-likeness (QED) is 0.872. The van der Waals surface area contributed by atoms with E-state index in [1.807, 2.05) is 30.1 Å². The fourth-order valence-electron chi connectivity index (χ4n) is 3.55. The van der Waals surface area contributed by atoms with Crippen LogP contribution < -0.4 is 0 Å². The molecule has 116 valence electrons. The van der Waals surface area contributed by atoms with Crippen molar-refractivity contribution < 1.29 is 4.79 Å². The summed E-state index contributed by atoms with van der Waals surface area (Å²) in [5.41, 5.74) is 0. The van der Waals surface area contributed by atoms with Crippen LogP contribution in [0, 0.1) is 12.8 Å². The molecule has 5 heteroatoms. The lowest BCUT2D eigenvalue weighted by molar-refractivity contribution is -0.134. The average molecular weight is 315 g/mol. The second-order valence-electron chi connectivity index (χ2n) is 6.49. The van der Waals surface area contributed by atoms with Gasteiger partial charge in [0.1, 0.15) is 0 Å². The minimum atomic E-state index is 0.222. The van der Waals surface area contributed by atoms with E-state index >= 15 is 0 Å². The van der Waals surface area contributed by atoms with Crippen molar-refractivity contribution in [2.45, 2.75) is 38.1 Å². The molecule has 2 fully saturated rings. The van der Waals surface area contributed by atoms with Gasteiger partial charge in [0.25, 0.3) is 0 Å². The fraction of sp³-hybridized carbons (Fsp3) is 0.529. The van der Waals surface area contributed by atoms with Crippen molar-refractivity contribution in [3.63, 3.8) is 0 Å². The highest BCUT2D eigenvalue weighted by Crippen LogP contribution is 2.50. The van der Waals surface area contributed by atoms with Gasteiger partial charge in [-0.3, -0.25) is 4.79 Å². The third-order valence-electron chi connectivity index (χ3n) is 4.89. The minimum Gasteiger partial charge on any atom is -0.340 e. The Balaban J connectivity index is 1.41. The van der Waals surface area contributed by atoms with Crippen molar-refractivity contribution in [3.05, 3.63) is 40.6 Å². The van der Waals surface area contributed by atoms with E-state index in [1.165, 1.54) is 9.75 Å². The molecule has 22 heavy (non-hydrogen) atoms. The van der Waals surface area contributed by atoms with E-state index in [-0.39, 0.29) is 5.92 Å². The Morgan fingerprint density at radius 3 is 3.05 bits per heavy atom. The van der Waals surface area contributed by atoms with Crippen LogP contribution in [0.4, 0.5) is 0 Å². The zero-order valence-corrected chi connectivity index (χ0v) is 13.6. The SMILES string of the molecule is Cc1ccc(C2CC2C(=O)N2CCCC(n3ccnc3)C2)s1. The van der Waals surface area contributed by atoms with Crippen LogP contribution in [0.25, 0.3) is 0 Å². The third-order valence-corrected chi connectivity index (χ3v) is 6.02. The van der Waals surface area contributed by atoms with Crippen LogP contribution in [-0.2, 0) is 4.79 Å². The minimum absolute atomic E-state index is 0.222. The standard InChI is InChI=1S/C17H21N3OS/c1-12-4-5-16(22-12)14-9-15(14)17(21)19-7-2-3-13(10-19)20-8-6-18-11-20/h4-6,8,11,13-15H,2-3,7,9-10H2,1H3. The number of aromatic nitrogens is 2. The molecular formula is C17H21N3OS. The molecule has 3 heterocycles. The lowest BCUT2D eigenvalue weighted by atomic mass is 10.0. The molecule has 0 radical (unpaired) electrons. The molecule has 4 rings (SSSR count). The summed E-state index contributed by atoms with van der Waals surface area (Å²) in [6.07, 6.45) is 8.95. The van der Waals surface area contributed by atoms with Crippen LogP contribution in [-0.4, -0.2) is 33.4 Å². The highest BCUT2D eigenvalue weighted by molar-refractivity contribution is 7.12. The molecule has 0 N–H and O–H groups in total. The van der Waals surface area contributed by atoms with Crippen LogP contribution in [0.5, 0.6) is 0 Å². The van der Waals surface area contributed by atoms with E-state index in [1.54, 1.807) is 0 Å². The van der Waals surface area contributed by atoms with E-state index in [9.17, 15) is 4.79 Å². The number of aryl methyl sites for hydroxylation is 1. The third kappa shape index (κ3) is 2.58. The van der Waals surface area contributed by atoms with E-state index in [0.717, 1.165) is 32.4 Å². The van der Waals surface area contributed by atoms with Gasteiger partial charge in [-0.15, -0.1) is 11.3 Å². The smallest absolute Gasteiger partial charge is 0.226 e.